The van der Waals surface area contributed by atoms with Gasteiger partial charge in [-0.05, 0) is 18.3 Å². The highest BCUT2D eigenvalue weighted by molar-refractivity contribution is 7.18. The predicted octanol–water partition coefficient (Wildman–Crippen LogP) is 2.32. The molecule has 2 unspecified atom stereocenters. The molecule has 2 rings (SSSR count). The lowest BCUT2D eigenvalue weighted by atomic mass is 10.2. The summed E-state index contributed by atoms with van der Waals surface area (Å²) < 4.78 is 0. The summed E-state index contributed by atoms with van der Waals surface area (Å²) in [5.74, 6) is 1.40. The third-order valence-corrected chi connectivity index (χ3v) is 4.31. The number of rotatable bonds is 6. The summed E-state index contributed by atoms with van der Waals surface area (Å²) in [7, 11) is 0. The van der Waals surface area contributed by atoms with E-state index in [0.717, 1.165) is 24.5 Å². The molecular formula is C13H22N4OS. The molecule has 0 aliphatic heterocycles. The van der Waals surface area contributed by atoms with Gasteiger partial charge < -0.3 is 16.4 Å². The average Bonchev–Trinajstić information content (AvgIpc) is 2.99. The molecule has 1 heterocycles. The second-order valence-electron chi connectivity index (χ2n) is 5.49. The van der Waals surface area contributed by atoms with Crippen LogP contribution in [-0.2, 0) is 0 Å². The van der Waals surface area contributed by atoms with E-state index in [-0.39, 0.29) is 5.91 Å². The number of hydrogen-bond donors (Lipinski definition) is 3. The molecule has 6 heteroatoms. The number of amides is 1. The zero-order chi connectivity index (χ0) is 14.0. The van der Waals surface area contributed by atoms with Crippen molar-refractivity contribution >= 4 is 28.2 Å². The molecule has 1 aliphatic carbocycles. The van der Waals surface area contributed by atoms with Gasteiger partial charge in [0.1, 0.15) is 10.7 Å². The maximum absolute atomic E-state index is 12.1. The molecule has 0 saturated heterocycles. The van der Waals surface area contributed by atoms with Gasteiger partial charge >= 0.3 is 0 Å². The molecule has 19 heavy (non-hydrogen) atoms. The third-order valence-electron chi connectivity index (χ3n) is 3.28. The first kappa shape index (κ1) is 14.1. The van der Waals surface area contributed by atoms with E-state index >= 15 is 0 Å². The van der Waals surface area contributed by atoms with Crippen molar-refractivity contribution in [3.05, 3.63) is 4.88 Å². The predicted molar refractivity (Wildman–Crippen MR) is 79.5 cm³/mol. The van der Waals surface area contributed by atoms with Gasteiger partial charge in [0, 0.05) is 12.6 Å². The van der Waals surface area contributed by atoms with E-state index in [1.165, 1.54) is 11.3 Å². The number of nitrogens with two attached hydrogens (primary N) is 1. The van der Waals surface area contributed by atoms with Gasteiger partial charge in [-0.25, -0.2) is 4.98 Å². The van der Waals surface area contributed by atoms with Crippen LogP contribution in [0.4, 0.5) is 10.9 Å². The van der Waals surface area contributed by atoms with Gasteiger partial charge in [-0.15, -0.1) is 0 Å². The fraction of sp³-hybridized carbons (Fsp3) is 0.692. The molecule has 0 bridgehead atoms. The maximum atomic E-state index is 12.1. The van der Waals surface area contributed by atoms with Crippen LogP contribution in [0.3, 0.4) is 0 Å². The van der Waals surface area contributed by atoms with E-state index in [1.54, 1.807) is 0 Å². The van der Waals surface area contributed by atoms with Crippen LogP contribution in [-0.4, -0.2) is 23.5 Å². The Morgan fingerprint density at radius 1 is 1.58 bits per heavy atom. The van der Waals surface area contributed by atoms with Crippen LogP contribution < -0.4 is 16.4 Å². The lowest BCUT2D eigenvalue weighted by Crippen LogP contribution is -2.26. The highest BCUT2D eigenvalue weighted by atomic mass is 32.1. The lowest BCUT2D eigenvalue weighted by molar-refractivity contribution is 0.0953. The quantitative estimate of drug-likeness (QED) is 0.748. The van der Waals surface area contributed by atoms with Crippen molar-refractivity contribution in [3.8, 4) is 0 Å². The number of hydrogen-bond acceptors (Lipinski definition) is 5. The van der Waals surface area contributed by atoms with Crippen LogP contribution in [0.5, 0.6) is 0 Å². The molecule has 106 valence electrons. The number of aromatic nitrogens is 1. The molecule has 0 radical (unpaired) electrons. The van der Waals surface area contributed by atoms with Gasteiger partial charge in [-0.2, -0.15) is 0 Å². The molecule has 0 aromatic carbocycles. The number of nitrogens with one attached hydrogen (secondary N) is 2. The zero-order valence-electron chi connectivity index (χ0n) is 11.7. The lowest BCUT2D eigenvalue weighted by Gasteiger charge is -2.04. The van der Waals surface area contributed by atoms with Crippen molar-refractivity contribution < 1.29 is 4.79 Å². The van der Waals surface area contributed by atoms with Crippen molar-refractivity contribution in [2.45, 2.75) is 39.7 Å². The fourth-order valence-corrected chi connectivity index (χ4v) is 2.77. The molecule has 1 aromatic rings. The second-order valence-corrected chi connectivity index (χ2v) is 6.49. The van der Waals surface area contributed by atoms with Crippen LogP contribution in [0, 0.1) is 11.8 Å². The normalized spacial score (nSPS) is 21.5. The maximum Gasteiger partial charge on any atom is 0.265 e. The van der Waals surface area contributed by atoms with Crippen molar-refractivity contribution in [1.29, 1.82) is 0 Å². The number of nitrogen functional groups attached to an aromatic ring is 1. The Bertz CT molecular complexity index is 457. The van der Waals surface area contributed by atoms with Crippen molar-refractivity contribution in [1.82, 2.24) is 10.3 Å². The van der Waals surface area contributed by atoms with Crippen molar-refractivity contribution in [2.75, 3.05) is 17.6 Å². The minimum absolute atomic E-state index is 0.0893. The van der Waals surface area contributed by atoms with E-state index in [0.29, 0.717) is 28.6 Å². The summed E-state index contributed by atoms with van der Waals surface area (Å²) in [6, 6.07) is 0.325. The van der Waals surface area contributed by atoms with Crippen LogP contribution in [0.15, 0.2) is 0 Å². The van der Waals surface area contributed by atoms with Gasteiger partial charge in [0.2, 0.25) is 0 Å². The standard InChI is InChI=1S/C13H22N4OS/c1-4-8-5-9(8)16-12(18)10-11(14)17-13(19-10)15-6-7(2)3/h7-9H,4-6,14H2,1-3H3,(H,15,17)(H,16,18). The molecule has 0 spiro atoms. The van der Waals surface area contributed by atoms with Crippen molar-refractivity contribution in [3.63, 3.8) is 0 Å². The Kier molecular flexibility index (Phi) is 4.29. The largest absolute Gasteiger partial charge is 0.382 e. The molecular weight excluding hydrogens is 260 g/mol. The molecule has 4 N–H and O–H groups in total. The molecule has 1 aromatic heterocycles. The average molecular weight is 282 g/mol. The van der Waals surface area contributed by atoms with E-state index in [4.69, 9.17) is 5.73 Å². The third kappa shape index (κ3) is 3.59. The Morgan fingerprint density at radius 3 is 2.89 bits per heavy atom. The first-order valence-electron chi connectivity index (χ1n) is 6.82. The molecule has 2 atom stereocenters. The number of thiazole rings is 1. The van der Waals surface area contributed by atoms with Crippen LogP contribution in [0.2, 0.25) is 0 Å². The van der Waals surface area contributed by atoms with Gasteiger partial charge in [0.25, 0.3) is 5.91 Å². The minimum atomic E-state index is -0.0893. The molecule has 1 saturated carbocycles. The number of carbonyl (C=O) groups excluding carboxylic acids is 1. The van der Waals surface area contributed by atoms with Crippen LogP contribution in [0.1, 0.15) is 43.3 Å². The van der Waals surface area contributed by atoms with Crippen molar-refractivity contribution in [2.24, 2.45) is 11.8 Å². The van der Waals surface area contributed by atoms with E-state index in [9.17, 15) is 4.79 Å². The topological polar surface area (TPSA) is 80.0 Å². The van der Waals surface area contributed by atoms with Gasteiger partial charge in [0.05, 0.1) is 0 Å². The first-order valence-corrected chi connectivity index (χ1v) is 7.64. The molecule has 1 fully saturated rings. The fourth-order valence-electron chi connectivity index (χ4n) is 1.97. The van der Waals surface area contributed by atoms with Gasteiger partial charge in [-0.3, -0.25) is 4.79 Å². The summed E-state index contributed by atoms with van der Waals surface area (Å²) in [5.41, 5.74) is 5.81. The smallest absolute Gasteiger partial charge is 0.265 e. The minimum Gasteiger partial charge on any atom is -0.382 e. The second kappa shape index (κ2) is 5.77. The summed E-state index contributed by atoms with van der Waals surface area (Å²) in [5, 5.41) is 6.93. The Hall–Kier alpha value is -1.30. The van der Waals surface area contributed by atoms with E-state index in [1.807, 2.05) is 0 Å². The zero-order valence-corrected chi connectivity index (χ0v) is 12.5. The SMILES string of the molecule is CCC1CC1NC(=O)c1sc(NCC(C)C)nc1N. The monoisotopic (exact) mass is 282 g/mol. The summed E-state index contributed by atoms with van der Waals surface area (Å²) in [6.07, 6.45) is 2.20. The number of nitrogens with zero attached hydrogens (tertiary/aromatic N) is 1. The van der Waals surface area contributed by atoms with Gasteiger partial charge in [0.15, 0.2) is 5.13 Å². The summed E-state index contributed by atoms with van der Waals surface area (Å²) in [4.78, 5) is 16.8. The molecule has 5 nitrogen and oxygen atoms in total. The number of anilines is 2. The summed E-state index contributed by atoms with van der Waals surface area (Å²) >= 11 is 1.33. The van der Waals surface area contributed by atoms with E-state index < -0.39 is 0 Å². The van der Waals surface area contributed by atoms with Crippen LogP contribution in [0.25, 0.3) is 0 Å². The molecule has 1 amide bonds. The highest BCUT2D eigenvalue weighted by Crippen LogP contribution is 2.34. The molecule has 1 aliphatic rings. The van der Waals surface area contributed by atoms with Crippen LogP contribution >= 0.6 is 11.3 Å². The number of carbonyl (C=O) groups is 1. The summed E-state index contributed by atoms with van der Waals surface area (Å²) in [6.45, 7) is 7.21. The Labute approximate surface area is 118 Å². The van der Waals surface area contributed by atoms with Gasteiger partial charge in [-0.1, -0.05) is 38.5 Å². The Morgan fingerprint density at radius 2 is 2.32 bits per heavy atom. The first-order chi connectivity index (χ1) is 9.01. The highest BCUT2D eigenvalue weighted by Gasteiger charge is 2.37. The Balaban J connectivity index is 1.94. The van der Waals surface area contributed by atoms with E-state index in [2.05, 4.69) is 36.4 Å².